The molecule has 0 aliphatic heterocycles. The highest BCUT2D eigenvalue weighted by atomic mass is 31.2. The molecule has 0 aliphatic carbocycles. The number of aliphatic hydroxyl groups excluding tert-OH is 3. The minimum Gasteiger partial charge on any atom is -0.394 e. The fourth-order valence-corrected chi connectivity index (χ4v) is 0.302. The van der Waals surface area contributed by atoms with Crippen LogP contribution in [0.2, 0.25) is 0 Å². The minimum atomic E-state index is -4.64. The molecule has 2 atom stereocenters. The fourth-order valence-electron chi connectivity index (χ4n) is 0.302. The maximum atomic E-state index is 8.93. The highest BCUT2D eigenvalue weighted by molar-refractivity contribution is 7.45. The van der Waals surface area contributed by atoms with E-state index < -0.39 is 32.7 Å². The van der Waals surface area contributed by atoms with Crippen LogP contribution < -0.4 is 0 Å². The van der Waals surface area contributed by atoms with E-state index in [1.807, 2.05) is 0 Å². The maximum Gasteiger partial charge on any atom is 0.466 e. The Kier molecular flexibility index (Phi) is 7.53. The summed E-state index contributed by atoms with van der Waals surface area (Å²) in [7, 11) is -4.64. The quantitative estimate of drug-likeness (QED) is 0.257. The first-order valence-corrected chi connectivity index (χ1v) is 5.01. The molecule has 0 bridgehead atoms. The molecule has 0 aliphatic rings. The average Bonchev–Trinajstić information content (AvgIpc) is 2.00. The molecular weight excluding hydrogens is 219 g/mol. The van der Waals surface area contributed by atoms with Gasteiger partial charge in [-0.1, -0.05) is 0 Å². The Morgan fingerprint density at radius 1 is 1.29 bits per heavy atom. The normalized spacial score (nSPS) is 17.7. The molecule has 88 valence electrons. The van der Waals surface area contributed by atoms with Gasteiger partial charge in [0.15, 0.2) is 0 Å². The van der Waals surface area contributed by atoms with Crippen molar-refractivity contribution in [3.63, 3.8) is 0 Å². The van der Waals surface area contributed by atoms with Gasteiger partial charge in [0.25, 0.3) is 0 Å². The van der Waals surface area contributed by atoms with Gasteiger partial charge >= 0.3 is 7.82 Å². The molecule has 0 aromatic rings. The van der Waals surface area contributed by atoms with E-state index >= 15 is 0 Å². The SMILES string of the molecule is C[C@](O)(CO)[C@H](O)CO.O=P(O)(O)O. The van der Waals surface area contributed by atoms with Gasteiger partial charge in [0, 0.05) is 0 Å². The van der Waals surface area contributed by atoms with E-state index in [0.717, 1.165) is 0 Å². The molecule has 0 radical (unpaired) electrons. The van der Waals surface area contributed by atoms with Crippen LogP contribution in [0.25, 0.3) is 0 Å². The van der Waals surface area contributed by atoms with Crippen LogP contribution in [0.1, 0.15) is 6.92 Å². The smallest absolute Gasteiger partial charge is 0.394 e. The van der Waals surface area contributed by atoms with Crippen LogP contribution in [0.3, 0.4) is 0 Å². The van der Waals surface area contributed by atoms with Crippen LogP contribution in [-0.4, -0.2) is 60.0 Å². The summed E-state index contributed by atoms with van der Waals surface area (Å²) in [5.74, 6) is 0. The second kappa shape index (κ2) is 6.44. The Labute approximate surface area is 80.3 Å². The maximum absolute atomic E-state index is 8.93. The summed E-state index contributed by atoms with van der Waals surface area (Å²) in [4.78, 5) is 21.6. The van der Waals surface area contributed by atoms with Crippen molar-refractivity contribution in [3.8, 4) is 0 Å². The first-order valence-electron chi connectivity index (χ1n) is 3.45. The molecule has 14 heavy (non-hydrogen) atoms. The molecule has 0 saturated heterocycles. The lowest BCUT2D eigenvalue weighted by molar-refractivity contribution is -0.108. The molecule has 8 nitrogen and oxygen atoms in total. The second-order valence-corrected chi connectivity index (χ2v) is 3.75. The van der Waals surface area contributed by atoms with E-state index in [2.05, 4.69) is 0 Å². The van der Waals surface area contributed by atoms with Crippen molar-refractivity contribution in [3.05, 3.63) is 0 Å². The van der Waals surface area contributed by atoms with E-state index in [0.29, 0.717) is 0 Å². The number of hydrogen-bond acceptors (Lipinski definition) is 5. The Bertz CT molecular complexity index is 178. The summed E-state index contributed by atoms with van der Waals surface area (Å²) in [6.45, 7) is 0.135. The molecule has 0 saturated carbocycles. The molecule has 0 heterocycles. The van der Waals surface area contributed by atoms with Crippen molar-refractivity contribution in [2.45, 2.75) is 18.6 Å². The number of hydrogen-bond donors (Lipinski definition) is 7. The van der Waals surface area contributed by atoms with Gasteiger partial charge < -0.3 is 35.1 Å². The van der Waals surface area contributed by atoms with Crippen molar-refractivity contribution in [2.24, 2.45) is 0 Å². The summed E-state index contributed by atoms with van der Waals surface area (Å²) in [6.07, 6.45) is -1.28. The Morgan fingerprint density at radius 3 is 1.64 bits per heavy atom. The van der Waals surface area contributed by atoms with Gasteiger partial charge in [-0.25, -0.2) is 4.57 Å². The Balaban J connectivity index is 0. The second-order valence-electron chi connectivity index (χ2n) is 2.73. The van der Waals surface area contributed by atoms with Gasteiger partial charge in [0.1, 0.15) is 11.7 Å². The lowest BCUT2D eigenvalue weighted by Crippen LogP contribution is -2.44. The van der Waals surface area contributed by atoms with Gasteiger partial charge in [-0.2, -0.15) is 0 Å². The fraction of sp³-hybridized carbons (Fsp3) is 1.00. The molecular formula is C5H15O8P. The van der Waals surface area contributed by atoms with E-state index in [4.69, 9.17) is 39.7 Å². The van der Waals surface area contributed by atoms with Crippen molar-refractivity contribution in [1.82, 2.24) is 0 Å². The van der Waals surface area contributed by atoms with Crippen LogP contribution in [-0.2, 0) is 4.57 Å². The molecule has 0 fully saturated rings. The Hall–Kier alpha value is -0.0500. The zero-order valence-electron chi connectivity index (χ0n) is 7.48. The van der Waals surface area contributed by atoms with Gasteiger partial charge in [0.2, 0.25) is 0 Å². The standard InChI is InChI=1S/C5H12O4.H3O4P/c1-5(9,3-7)4(8)2-6;1-5(2,3)4/h4,6-9H,2-3H2,1H3;(H3,1,2,3,4)/t4-,5+;/m1./s1. The van der Waals surface area contributed by atoms with Gasteiger partial charge in [-0.3, -0.25) is 0 Å². The van der Waals surface area contributed by atoms with Crippen LogP contribution >= 0.6 is 7.82 Å². The molecule has 0 spiro atoms. The number of aliphatic hydroxyl groups is 4. The van der Waals surface area contributed by atoms with Crippen molar-refractivity contribution >= 4 is 7.82 Å². The molecule has 0 amide bonds. The van der Waals surface area contributed by atoms with E-state index in [1.54, 1.807) is 0 Å². The summed E-state index contributed by atoms with van der Waals surface area (Å²) < 4.78 is 8.88. The lowest BCUT2D eigenvalue weighted by atomic mass is 10.0. The zero-order chi connectivity index (χ0) is 12.0. The van der Waals surface area contributed by atoms with Gasteiger partial charge in [-0.05, 0) is 6.92 Å². The summed E-state index contributed by atoms with van der Waals surface area (Å²) in [5, 5.41) is 34.3. The van der Waals surface area contributed by atoms with Crippen LogP contribution in [0.15, 0.2) is 0 Å². The molecule has 9 heteroatoms. The predicted molar refractivity (Wildman–Crippen MR) is 45.1 cm³/mol. The highest BCUT2D eigenvalue weighted by Gasteiger charge is 2.28. The summed E-state index contributed by atoms with van der Waals surface area (Å²) >= 11 is 0. The monoisotopic (exact) mass is 234 g/mol. The van der Waals surface area contributed by atoms with Crippen LogP contribution in [0.5, 0.6) is 0 Å². The molecule has 7 N–H and O–H groups in total. The third-order valence-electron chi connectivity index (χ3n) is 1.21. The Morgan fingerprint density at radius 2 is 1.57 bits per heavy atom. The van der Waals surface area contributed by atoms with E-state index in [-0.39, 0.29) is 0 Å². The van der Waals surface area contributed by atoms with E-state index in [1.165, 1.54) is 6.92 Å². The van der Waals surface area contributed by atoms with Gasteiger partial charge in [0.05, 0.1) is 13.2 Å². The van der Waals surface area contributed by atoms with Gasteiger partial charge in [-0.15, -0.1) is 0 Å². The van der Waals surface area contributed by atoms with Crippen LogP contribution in [0, 0.1) is 0 Å². The van der Waals surface area contributed by atoms with Crippen LogP contribution in [0.4, 0.5) is 0 Å². The zero-order valence-corrected chi connectivity index (χ0v) is 8.37. The third-order valence-corrected chi connectivity index (χ3v) is 1.21. The minimum absolute atomic E-state index is 0.548. The molecule has 0 unspecified atom stereocenters. The molecule has 0 rings (SSSR count). The summed E-state index contributed by atoms with van der Waals surface area (Å²) in [6, 6.07) is 0. The molecule has 0 aromatic carbocycles. The average molecular weight is 234 g/mol. The topological polar surface area (TPSA) is 159 Å². The van der Waals surface area contributed by atoms with Crippen molar-refractivity contribution < 1.29 is 39.7 Å². The first-order chi connectivity index (χ1) is 6.04. The predicted octanol–water partition coefficient (Wildman–Crippen LogP) is -2.85. The summed E-state index contributed by atoms with van der Waals surface area (Å²) in [5.41, 5.74) is -1.59. The largest absolute Gasteiger partial charge is 0.466 e. The van der Waals surface area contributed by atoms with E-state index in [9.17, 15) is 0 Å². The number of phosphoric acid groups is 1. The molecule has 0 aromatic heterocycles. The lowest BCUT2D eigenvalue weighted by Gasteiger charge is -2.24. The van der Waals surface area contributed by atoms with Crippen molar-refractivity contribution in [2.75, 3.05) is 13.2 Å². The highest BCUT2D eigenvalue weighted by Crippen LogP contribution is 2.25. The first kappa shape index (κ1) is 16.4. The third kappa shape index (κ3) is 11.9. The number of rotatable bonds is 3. The van der Waals surface area contributed by atoms with Crippen molar-refractivity contribution in [1.29, 1.82) is 0 Å².